The molecule has 2 aliphatic rings. The average Bonchev–Trinajstić information content (AvgIpc) is 2.76. The Labute approximate surface area is 100.0 Å². The zero-order chi connectivity index (χ0) is 11.5. The lowest BCUT2D eigenvalue weighted by Crippen LogP contribution is -2.49. The Bertz CT molecular complexity index is 213. The quantitative estimate of drug-likeness (QED) is 0.768. The van der Waals surface area contributed by atoms with E-state index in [4.69, 9.17) is 5.73 Å². The van der Waals surface area contributed by atoms with Crippen molar-refractivity contribution in [2.75, 3.05) is 26.7 Å². The molecule has 0 amide bonds. The molecule has 1 aliphatic heterocycles. The summed E-state index contributed by atoms with van der Waals surface area (Å²) < 4.78 is 0. The van der Waals surface area contributed by atoms with Crippen molar-refractivity contribution in [3.05, 3.63) is 0 Å². The van der Waals surface area contributed by atoms with Crippen LogP contribution in [-0.4, -0.2) is 54.6 Å². The number of likely N-dealkylation sites (N-methyl/N-ethyl adjacent to an activating group) is 1. The highest BCUT2D eigenvalue weighted by atomic mass is 15.3. The van der Waals surface area contributed by atoms with Gasteiger partial charge < -0.3 is 10.6 Å². The van der Waals surface area contributed by atoms with E-state index in [1.54, 1.807) is 0 Å². The van der Waals surface area contributed by atoms with Gasteiger partial charge in [-0.1, -0.05) is 12.8 Å². The summed E-state index contributed by atoms with van der Waals surface area (Å²) in [6.45, 7) is 5.55. The smallest absolute Gasteiger partial charge is 0.0348 e. The molecule has 2 atom stereocenters. The van der Waals surface area contributed by atoms with Gasteiger partial charge in [-0.15, -0.1) is 0 Å². The first-order valence-corrected chi connectivity index (χ1v) is 6.88. The van der Waals surface area contributed by atoms with Gasteiger partial charge in [-0.05, 0) is 33.2 Å². The SMILES string of the molecule is CC1CCN(C2CCCC2)C(CN)CN1C. The first-order valence-electron chi connectivity index (χ1n) is 6.88. The van der Waals surface area contributed by atoms with E-state index in [0.29, 0.717) is 12.1 Å². The topological polar surface area (TPSA) is 32.5 Å². The lowest BCUT2D eigenvalue weighted by atomic mass is 10.1. The molecule has 2 rings (SSSR count). The third-order valence-electron chi connectivity index (χ3n) is 4.59. The Kier molecular flexibility index (Phi) is 4.22. The van der Waals surface area contributed by atoms with E-state index in [1.165, 1.54) is 38.6 Å². The molecule has 1 heterocycles. The van der Waals surface area contributed by atoms with Crippen LogP contribution in [0.2, 0.25) is 0 Å². The van der Waals surface area contributed by atoms with Crippen LogP contribution < -0.4 is 5.73 Å². The molecule has 3 heteroatoms. The van der Waals surface area contributed by atoms with E-state index in [9.17, 15) is 0 Å². The number of hydrogen-bond acceptors (Lipinski definition) is 3. The minimum atomic E-state index is 0.582. The van der Waals surface area contributed by atoms with Crippen LogP contribution in [0.3, 0.4) is 0 Å². The van der Waals surface area contributed by atoms with E-state index in [-0.39, 0.29) is 0 Å². The van der Waals surface area contributed by atoms with Gasteiger partial charge in [0.05, 0.1) is 0 Å². The van der Waals surface area contributed by atoms with Gasteiger partial charge in [0.1, 0.15) is 0 Å². The molecule has 0 radical (unpaired) electrons. The Hall–Kier alpha value is -0.120. The number of rotatable bonds is 2. The lowest BCUT2D eigenvalue weighted by molar-refractivity contribution is 0.136. The molecule has 2 unspecified atom stereocenters. The van der Waals surface area contributed by atoms with Crippen molar-refractivity contribution in [3.8, 4) is 0 Å². The van der Waals surface area contributed by atoms with Crippen LogP contribution >= 0.6 is 0 Å². The molecule has 94 valence electrons. The van der Waals surface area contributed by atoms with Crippen molar-refractivity contribution in [3.63, 3.8) is 0 Å². The minimum absolute atomic E-state index is 0.582. The summed E-state index contributed by atoms with van der Waals surface area (Å²) in [4.78, 5) is 5.19. The van der Waals surface area contributed by atoms with E-state index in [1.807, 2.05) is 0 Å². The first kappa shape index (κ1) is 12.3. The van der Waals surface area contributed by atoms with Gasteiger partial charge in [-0.3, -0.25) is 4.90 Å². The molecule has 1 saturated heterocycles. The van der Waals surface area contributed by atoms with Crippen LogP contribution in [0.5, 0.6) is 0 Å². The second kappa shape index (κ2) is 5.48. The second-order valence-corrected chi connectivity index (χ2v) is 5.64. The van der Waals surface area contributed by atoms with Crippen LogP contribution in [0.4, 0.5) is 0 Å². The van der Waals surface area contributed by atoms with Crippen molar-refractivity contribution < 1.29 is 0 Å². The van der Waals surface area contributed by atoms with Crippen molar-refractivity contribution in [2.24, 2.45) is 5.73 Å². The predicted octanol–water partition coefficient (Wildman–Crippen LogP) is 1.28. The molecule has 0 bridgehead atoms. The molecule has 3 nitrogen and oxygen atoms in total. The monoisotopic (exact) mass is 225 g/mol. The standard InChI is InChI=1S/C13H27N3/c1-11-7-8-16(12-5-3-4-6-12)13(9-14)10-15(11)2/h11-13H,3-10,14H2,1-2H3. The second-order valence-electron chi connectivity index (χ2n) is 5.64. The Morgan fingerprint density at radius 1 is 1.19 bits per heavy atom. The third kappa shape index (κ3) is 2.58. The average molecular weight is 225 g/mol. The predicted molar refractivity (Wildman–Crippen MR) is 68.5 cm³/mol. The van der Waals surface area contributed by atoms with Crippen LogP contribution in [0, 0.1) is 0 Å². The Morgan fingerprint density at radius 3 is 2.50 bits per heavy atom. The summed E-state index contributed by atoms with van der Waals surface area (Å²) >= 11 is 0. The maximum absolute atomic E-state index is 5.97. The largest absolute Gasteiger partial charge is 0.329 e. The van der Waals surface area contributed by atoms with Crippen molar-refractivity contribution >= 4 is 0 Å². The van der Waals surface area contributed by atoms with Gasteiger partial charge in [-0.2, -0.15) is 0 Å². The lowest BCUT2D eigenvalue weighted by Gasteiger charge is -2.35. The van der Waals surface area contributed by atoms with Crippen LogP contribution in [0.15, 0.2) is 0 Å². The summed E-state index contributed by atoms with van der Waals surface area (Å²) in [5, 5.41) is 0. The highest BCUT2D eigenvalue weighted by Gasteiger charge is 2.31. The number of nitrogens with zero attached hydrogens (tertiary/aromatic N) is 2. The molecular weight excluding hydrogens is 198 g/mol. The molecule has 1 aliphatic carbocycles. The number of hydrogen-bond donors (Lipinski definition) is 1. The van der Waals surface area contributed by atoms with Gasteiger partial charge in [0.15, 0.2) is 0 Å². The number of nitrogens with two attached hydrogens (primary N) is 1. The van der Waals surface area contributed by atoms with Crippen LogP contribution in [0.25, 0.3) is 0 Å². The maximum atomic E-state index is 5.97. The van der Waals surface area contributed by atoms with Crippen molar-refractivity contribution in [1.82, 2.24) is 9.80 Å². The van der Waals surface area contributed by atoms with Gasteiger partial charge in [0.25, 0.3) is 0 Å². The van der Waals surface area contributed by atoms with Gasteiger partial charge in [-0.25, -0.2) is 0 Å². The zero-order valence-corrected chi connectivity index (χ0v) is 10.9. The summed E-state index contributed by atoms with van der Waals surface area (Å²) in [6.07, 6.45) is 6.93. The van der Waals surface area contributed by atoms with Crippen molar-refractivity contribution in [2.45, 2.75) is 57.2 Å². The van der Waals surface area contributed by atoms with E-state index >= 15 is 0 Å². The summed E-state index contributed by atoms with van der Waals surface area (Å²) in [5.74, 6) is 0. The Morgan fingerprint density at radius 2 is 1.88 bits per heavy atom. The zero-order valence-electron chi connectivity index (χ0n) is 10.9. The highest BCUT2D eigenvalue weighted by molar-refractivity contribution is 4.88. The summed E-state index contributed by atoms with van der Waals surface area (Å²) in [5.41, 5.74) is 5.97. The fraction of sp³-hybridized carbons (Fsp3) is 1.00. The Balaban J connectivity index is 2.03. The molecule has 0 spiro atoms. The van der Waals surface area contributed by atoms with Crippen LogP contribution in [-0.2, 0) is 0 Å². The highest BCUT2D eigenvalue weighted by Crippen LogP contribution is 2.27. The van der Waals surface area contributed by atoms with Gasteiger partial charge in [0.2, 0.25) is 0 Å². The molecule has 1 saturated carbocycles. The molecule has 0 aromatic heterocycles. The molecule has 2 N–H and O–H groups in total. The first-order chi connectivity index (χ1) is 7.72. The maximum Gasteiger partial charge on any atom is 0.0348 e. The molecule has 16 heavy (non-hydrogen) atoms. The van der Waals surface area contributed by atoms with E-state index < -0.39 is 0 Å². The molecule has 0 aromatic carbocycles. The summed E-state index contributed by atoms with van der Waals surface area (Å²) in [6, 6.07) is 2.12. The third-order valence-corrected chi connectivity index (χ3v) is 4.59. The minimum Gasteiger partial charge on any atom is -0.329 e. The fourth-order valence-electron chi connectivity index (χ4n) is 3.28. The van der Waals surface area contributed by atoms with Gasteiger partial charge in [0, 0.05) is 37.8 Å². The van der Waals surface area contributed by atoms with E-state index in [0.717, 1.165) is 19.1 Å². The molecular formula is C13H27N3. The normalized spacial score (nSPS) is 35.4. The fourth-order valence-corrected chi connectivity index (χ4v) is 3.28. The molecule has 2 fully saturated rings. The van der Waals surface area contributed by atoms with Crippen LogP contribution in [0.1, 0.15) is 39.0 Å². The van der Waals surface area contributed by atoms with Crippen molar-refractivity contribution in [1.29, 1.82) is 0 Å². The van der Waals surface area contributed by atoms with E-state index in [2.05, 4.69) is 23.8 Å². The van der Waals surface area contributed by atoms with Gasteiger partial charge >= 0.3 is 0 Å². The molecule has 0 aromatic rings. The summed E-state index contributed by atoms with van der Waals surface area (Å²) in [7, 11) is 2.24.